The normalized spacial score (nSPS) is 13.0. The molecule has 0 atom stereocenters. The van der Waals surface area contributed by atoms with Crippen LogP contribution in [0.25, 0.3) is 10.9 Å². The third-order valence-corrected chi connectivity index (χ3v) is 4.56. The Morgan fingerprint density at radius 3 is 1.93 bits per heavy atom. The molecule has 3 aromatic rings. The second-order valence-electron chi connectivity index (χ2n) is 6.69. The molecule has 30 heavy (non-hydrogen) atoms. The third kappa shape index (κ3) is 3.66. The van der Waals surface area contributed by atoms with Gasteiger partial charge in [-0.2, -0.15) is 35.1 Å². The molecule has 0 aliphatic carbocycles. The Labute approximate surface area is 165 Å². The van der Waals surface area contributed by atoms with Crippen molar-refractivity contribution in [2.24, 2.45) is 0 Å². The van der Waals surface area contributed by atoms with E-state index in [2.05, 4.69) is 10.3 Å². The van der Waals surface area contributed by atoms with E-state index in [1.54, 1.807) is 19.1 Å². The van der Waals surface area contributed by atoms with Crippen molar-refractivity contribution in [1.29, 1.82) is 0 Å². The highest BCUT2D eigenvalue weighted by molar-refractivity contribution is 5.97. The lowest BCUT2D eigenvalue weighted by atomic mass is 9.98. The molecule has 2 aromatic carbocycles. The van der Waals surface area contributed by atoms with Crippen LogP contribution in [0.15, 0.2) is 42.5 Å². The zero-order valence-electron chi connectivity index (χ0n) is 15.5. The lowest BCUT2D eigenvalue weighted by Crippen LogP contribution is -2.37. The second-order valence-corrected chi connectivity index (χ2v) is 6.69. The maximum Gasteiger partial charge on any atom is 0.459 e. The zero-order chi connectivity index (χ0) is 22.5. The van der Waals surface area contributed by atoms with Crippen LogP contribution in [0.5, 0.6) is 0 Å². The van der Waals surface area contributed by atoms with Crippen molar-refractivity contribution in [2.45, 2.75) is 32.1 Å². The fraction of sp³-hybridized carbons (Fsp3) is 0.250. The highest BCUT2D eigenvalue weighted by atomic mass is 19.4. The highest BCUT2D eigenvalue weighted by Crippen LogP contribution is 2.51. The standard InChI is InChI=1S/C20H14F8N2/c1-10-6-3-4-9-13(10)29-16-12-8-5-7-11(2)15(12)30-17(14(16)19(23,24)25)18(21,22)20(26,27)28/h3-9H,1-2H3,(H,29,30). The number of benzene rings is 2. The molecule has 1 heterocycles. The van der Waals surface area contributed by atoms with Gasteiger partial charge < -0.3 is 5.32 Å². The van der Waals surface area contributed by atoms with Crippen LogP contribution in [0.1, 0.15) is 22.4 Å². The first kappa shape index (κ1) is 21.8. The van der Waals surface area contributed by atoms with Gasteiger partial charge in [-0.3, -0.25) is 0 Å². The number of aryl methyl sites for hydroxylation is 2. The molecule has 0 saturated carbocycles. The van der Waals surface area contributed by atoms with E-state index >= 15 is 0 Å². The van der Waals surface area contributed by atoms with Crippen LogP contribution in [-0.4, -0.2) is 11.2 Å². The van der Waals surface area contributed by atoms with E-state index in [1.807, 2.05) is 0 Å². The lowest BCUT2D eigenvalue weighted by Gasteiger charge is -2.26. The van der Waals surface area contributed by atoms with Gasteiger partial charge in [-0.25, -0.2) is 4.98 Å². The van der Waals surface area contributed by atoms with Gasteiger partial charge in [-0.05, 0) is 31.0 Å². The molecule has 1 aromatic heterocycles. The number of nitrogens with one attached hydrogen (secondary N) is 1. The average Bonchev–Trinajstić information content (AvgIpc) is 2.61. The summed E-state index contributed by atoms with van der Waals surface area (Å²) in [6, 6.07) is 9.93. The van der Waals surface area contributed by atoms with Crippen LogP contribution in [0.3, 0.4) is 0 Å². The molecule has 0 unspecified atom stereocenters. The summed E-state index contributed by atoms with van der Waals surface area (Å²) in [6.45, 7) is 2.91. The molecular formula is C20H14F8N2. The number of hydrogen-bond acceptors (Lipinski definition) is 2. The van der Waals surface area contributed by atoms with E-state index in [-0.39, 0.29) is 22.2 Å². The predicted octanol–water partition coefficient (Wildman–Crippen LogP) is 7.27. The summed E-state index contributed by atoms with van der Waals surface area (Å²) >= 11 is 0. The van der Waals surface area contributed by atoms with Crippen molar-refractivity contribution >= 4 is 22.3 Å². The summed E-state index contributed by atoms with van der Waals surface area (Å²) in [7, 11) is 0. The number of halogens is 8. The molecule has 0 aliphatic heterocycles. The molecule has 0 spiro atoms. The Balaban J connectivity index is 2.48. The molecule has 1 N–H and O–H groups in total. The maximum absolute atomic E-state index is 14.2. The van der Waals surface area contributed by atoms with Crippen LogP contribution >= 0.6 is 0 Å². The van der Waals surface area contributed by atoms with Crippen molar-refractivity contribution in [1.82, 2.24) is 4.98 Å². The molecule has 0 fully saturated rings. The minimum atomic E-state index is -6.27. The molecule has 2 nitrogen and oxygen atoms in total. The van der Waals surface area contributed by atoms with E-state index in [0.29, 0.717) is 5.56 Å². The number of pyridine rings is 1. The zero-order valence-corrected chi connectivity index (χ0v) is 15.5. The van der Waals surface area contributed by atoms with Crippen molar-refractivity contribution in [3.05, 3.63) is 64.8 Å². The molecule has 0 amide bonds. The van der Waals surface area contributed by atoms with Crippen LogP contribution in [0.2, 0.25) is 0 Å². The minimum Gasteiger partial charge on any atom is -0.354 e. The Kier molecular flexibility index (Phi) is 5.16. The Hall–Kier alpha value is -2.91. The number of nitrogens with zero attached hydrogens (tertiary/aromatic N) is 1. The lowest BCUT2D eigenvalue weighted by molar-refractivity contribution is -0.292. The van der Waals surface area contributed by atoms with Crippen LogP contribution in [-0.2, 0) is 12.1 Å². The summed E-state index contributed by atoms with van der Waals surface area (Å²) < 4.78 is 109. The van der Waals surface area contributed by atoms with E-state index in [0.717, 1.165) is 0 Å². The largest absolute Gasteiger partial charge is 0.459 e. The number of anilines is 2. The number of para-hydroxylation sites is 2. The van der Waals surface area contributed by atoms with Crippen LogP contribution in [0, 0.1) is 13.8 Å². The molecule has 160 valence electrons. The molecule has 0 bridgehead atoms. The summed E-state index contributed by atoms with van der Waals surface area (Å²) in [4.78, 5) is 3.17. The fourth-order valence-corrected chi connectivity index (χ4v) is 3.04. The monoisotopic (exact) mass is 434 g/mol. The van der Waals surface area contributed by atoms with Crippen molar-refractivity contribution in [2.75, 3.05) is 5.32 Å². The van der Waals surface area contributed by atoms with Crippen LogP contribution < -0.4 is 5.32 Å². The Bertz CT molecular complexity index is 1100. The SMILES string of the molecule is Cc1ccccc1Nc1c(C(F)(F)F)c(C(F)(F)C(F)(F)F)nc2c(C)cccc12. The molecule has 10 heteroatoms. The number of fused-ring (bicyclic) bond motifs is 1. The molecule has 0 radical (unpaired) electrons. The first-order chi connectivity index (χ1) is 13.7. The van der Waals surface area contributed by atoms with Gasteiger partial charge in [0.05, 0.1) is 11.2 Å². The van der Waals surface area contributed by atoms with E-state index in [1.165, 1.54) is 37.3 Å². The molecule has 0 aliphatic rings. The van der Waals surface area contributed by atoms with E-state index in [9.17, 15) is 35.1 Å². The van der Waals surface area contributed by atoms with Crippen molar-refractivity contribution < 1.29 is 35.1 Å². The van der Waals surface area contributed by atoms with Gasteiger partial charge in [0.2, 0.25) is 0 Å². The summed E-state index contributed by atoms with van der Waals surface area (Å²) in [6.07, 6.45) is -11.8. The van der Waals surface area contributed by atoms with E-state index in [4.69, 9.17) is 0 Å². The first-order valence-electron chi connectivity index (χ1n) is 8.53. The van der Waals surface area contributed by atoms with Gasteiger partial charge in [0.1, 0.15) is 11.3 Å². The highest BCUT2D eigenvalue weighted by Gasteiger charge is 2.63. The predicted molar refractivity (Wildman–Crippen MR) is 95.9 cm³/mol. The van der Waals surface area contributed by atoms with Gasteiger partial charge in [-0.1, -0.05) is 36.4 Å². The summed E-state index contributed by atoms with van der Waals surface area (Å²) in [5.74, 6) is -5.82. The number of aromatic nitrogens is 1. The molecular weight excluding hydrogens is 420 g/mol. The number of rotatable bonds is 3. The first-order valence-corrected chi connectivity index (χ1v) is 8.53. The molecule has 3 rings (SSSR count). The smallest absolute Gasteiger partial charge is 0.354 e. The van der Waals surface area contributed by atoms with Gasteiger partial charge in [-0.15, -0.1) is 0 Å². The average molecular weight is 434 g/mol. The van der Waals surface area contributed by atoms with Crippen LogP contribution in [0.4, 0.5) is 46.5 Å². The van der Waals surface area contributed by atoms with E-state index < -0.39 is 35.2 Å². The number of alkyl halides is 8. The maximum atomic E-state index is 14.2. The van der Waals surface area contributed by atoms with Gasteiger partial charge in [0.15, 0.2) is 0 Å². The molecule has 0 saturated heterocycles. The van der Waals surface area contributed by atoms with Gasteiger partial charge in [0, 0.05) is 11.1 Å². The second kappa shape index (κ2) is 7.10. The minimum absolute atomic E-state index is 0.123. The fourth-order valence-electron chi connectivity index (χ4n) is 3.04. The van der Waals surface area contributed by atoms with Crippen molar-refractivity contribution in [3.8, 4) is 0 Å². The summed E-state index contributed by atoms with van der Waals surface area (Å²) in [5.41, 5.74) is -5.12. The van der Waals surface area contributed by atoms with Gasteiger partial charge in [0.25, 0.3) is 0 Å². The van der Waals surface area contributed by atoms with Gasteiger partial charge >= 0.3 is 18.3 Å². The summed E-state index contributed by atoms with van der Waals surface area (Å²) in [5, 5.41) is 2.19. The third-order valence-electron chi connectivity index (χ3n) is 4.56. The number of hydrogen-bond donors (Lipinski definition) is 1. The quantitative estimate of drug-likeness (QED) is 0.439. The Morgan fingerprint density at radius 1 is 0.767 bits per heavy atom. The van der Waals surface area contributed by atoms with Crippen molar-refractivity contribution in [3.63, 3.8) is 0 Å². The topological polar surface area (TPSA) is 24.9 Å². The Morgan fingerprint density at radius 2 is 1.37 bits per heavy atom.